The van der Waals surface area contributed by atoms with Crippen molar-refractivity contribution in [1.82, 2.24) is 14.3 Å². The summed E-state index contributed by atoms with van der Waals surface area (Å²) in [4.78, 5) is 7.59. The van der Waals surface area contributed by atoms with Gasteiger partial charge in [0.2, 0.25) is 10.0 Å². The van der Waals surface area contributed by atoms with E-state index < -0.39 is 10.0 Å². The van der Waals surface area contributed by atoms with Crippen molar-refractivity contribution in [3.8, 4) is 6.07 Å². The van der Waals surface area contributed by atoms with Gasteiger partial charge in [0.25, 0.3) is 0 Å². The van der Waals surface area contributed by atoms with Crippen LogP contribution in [0.1, 0.15) is 34.4 Å². The molecule has 1 aromatic heterocycles. The number of aromatic amines is 1. The molecule has 36 heavy (non-hydrogen) atoms. The molecule has 6 nitrogen and oxygen atoms in total. The maximum Gasteiger partial charge on any atom is 0.243 e. The predicted molar refractivity (Wildman–Crippen MR) is 143 cm³/mol. The molecule has 3 aromatic carbocycles. The molecule has 0 bridgehead atoms. The number of nitriles is 1. The van der Waals surface area contributed by atoms with Gasteiger partial charge < -0.3 is 4.98 Å². The summed E-state index contributed by atoms with van der Waals surface area (Å²) in [7, 11) is -3.80. The summed E-state index contributed by atoms with van der Waals surface area (Å²) in [5, 5.41) is 9.52. The first-order valence-corrected chi connectivity index (χ1v) is 12.8. The molecule has 1 aliphatic heterocycles. The molecule has 0 saturated heterocycles. The van der Waals surface area contributed by atoms with E-state index in [1.165, 1.54) is 0 Å². The van der Waals surface area contributed by atoms with Gasteiger partial charge in [0.15, 0.2) is 0 Å². The number of nitrogens with zero attached hydrogens (tertiary/aromatic N) is 3. The third kappa shape index (κ3) is 5.26. The third-order valence-corrected chi connectivity index (χ3v) is 8.19. The highest BCUT2D eigenvalue weighted by Gasteiger charge is 2.35. The zero-order chi connectivity index (χ0) is 24.3. The Labute approximate surface area is 217 Å². The van der Waals surface area contributed by atoms with Crippen LogP contribution in [0.2, 0.25) is 0 Å². The predicted octanol–water partition coefficient (Wildman–Crippen LogP) is 5.45. The zero-order valence-corrected chi connectivity index (χ0v) is 21.0. The lowest BCUT2D eigenvalue weighted by molar-refractivity contribution is 0.318. The van der Waals surface area contributed by atoms with Gasteiger partial charge in [-0.15, -0.1) is 12.4 Å². The Kier molecular flexibility index (Phi) is 7.70. The van der Waals surface area contributed by atoms with Crippen molar-refractivity contribution in [3.63, 3.8) is 0 Å². The summed E-state index contributed by atoms with van der Waals surface area (Å²) in [6.45, 7) is 0.178. The molecule has 0 aliphatic carbocycles. The van der Waals surface area contributed by atoms with Crippen molar-refractivity contribution in [2.24, 2.45) is 0 Å². The van der Waals surface area contributed by atoms with Crippen LogP contribution in [0.5, 0.6) is 0 Å². The van der Waals surface area contributed by atoms with Gasteiger partial charge in [-0.3, -0.25) is 0 Å². The van der Waals surface area contributed by atoms with E-state index in [1.54, 1.807) is 47.0 Å². The van der Waals surface area contributed by atoms with Crippen LogP contribution in [0.4, 0.5) is 0 Å². The van der Waals surface area contributed by atoms with Crippen LogP contribution in [0.25, 0.3) is 11.6 Å². The van der Waals surface area contributed by atoms with E-state index in [0.717, 1.165) is 28.0 Å². The van der Waals surface area contributed by atoms with Crippen LogP contribution >= 0.6 is 12.4 Å². The highest BCUT2D eigenvalue weighted by Crippen LogP contribution is 2.36. The first-order valence-electron chi connectivity index (χ1n) is 11.4. The maximum absolute atomic E-state index is 14.0. The average molecular weight is 517 g/mol. The van der Waals surface area contributed by atoms with Gasteiger partial charge in [-0.1, -0.05) is 54.6 Å². The number of hydrogen-bond acceptors (Lipinski definition) is 4. The largest absolute Gasteiger partial charge is 0.351 e. The second kappa shape index (κ2) is 10.9. The summed E-state index contributed by atoms with van der Waals surface area (Å²) in [5.41, 5.74) is 5.07. The van der Waals surface area contributed by atoms with Crippen molar-refractivity contribution in [2.75, 3.05) is 0 Å². The standard InChI is InChI=1S/C28H24N4O2S.ClH/c29-17-22-11-12-28-23(15-25-18-30-20-31-25)16-26(14-21-7-3-1-4-8-21)32(19-24(28)13-22)35(33,34)27-9-5-2-6-10-27;/h1-13,15,18,20,26H,14,16,19H2,(H,30,31);1H/b23-15-;/t26-;/m1./s1. The number of rotatable bonds is 5. The second-order valence-electron chi connectivity index (χ2n) is 8.56. The number of benzene rings is 3. The molecule has 0 unspecified atom stereocenters. The number of H-pyrrole nitrogens is 1. The molecule has 1 aliphatic rings. The summed E-state index contributed by atoms with van der Waals surface area (Å²) in [6, 6.07) is 25.9. The molecule has 182 valence electrons. The molecule has 5 rings (SSSR count). The quantitative estimate of drug-likeness (QED) is 0.382. The molecular weight excluding hydrogens is 492 g/mol. The molecule has 0 saturated carbocycles. The van der Waals surface area contributed by atoms with Crippen LogP contribution in [-0.2, 0) is 23.0 Å². The van der Waals surface area contributed by atoms with Gasteiger partial charge in [-0.05, 0) is 65.4 Å². The first-order chi connectivity index (χ1) is 17.0. The molecule has 0 fully saturated rings. The van der Waals surface area contributed by atoms with E-state index in [9.17, 15) is 13.7 Å². The Morgan fingerprint density at radius 1 is 1.06 bits per heavy atom. The molecular formula is C28H25ClN4O2S. The van der Waals surface area contributed by atoms with E-state index in [4.69, 9.17) is 0 Å². The highest BCUT2D eigenvalue weighted by atomic mass is 35.5. The maximum atomic E-state index is 14.0. The van der Waals surface area contributed by atoms with Crippen LogP contribution < -0.4 is 0 Å². The molecule has 0 spiro atoms. The monoisotopic (exact) mass is 516 g/mol. The first kappa shape index (κ1) is 25.4. The minimum atomic E-state index is -3.80. The van der Waals surface area contributed by atoms with E-state index in [2.05, 4.69) is 16.0 Å². The lowest BCUT2D eigenvalue weighted by Gasteiger charge is -2.29. The molecule has 1 atom stereocenters. The van der Waals surface area contributed by atoms with Crippen LogP contribution in [-0.4, -0.2) is 28.7 Å². The molecule has 1 N–H and O–H groups in total. The van der Waals surface area contributed by atoms with E-state index in [0.29, 0.717) is 18.4 Å². The second-order valence-corrected chi connectivity index (χ2v) is 10.4. The molecule has 0 radical (unpaired) electrons. The van der Waals surface area contributed by atoms with Gasteiger partial charge in [0.05, 0.1) is 28.5 Å². The minimum absolute atomic E-state index is 0. The highest BCUT2D eigenvalue weighted by molar-refractivity contribution is 7.89. The van der Waals surface area contributed by atoms with Crippen molar-refractivity contribution < 1.29 is 8.42 Å². The fraction of sp³-hybridized carbons (Fsp3) is 0.143. The smallest absolute Gasteiger partial charge is 0.243 e. The number of hydrogen-bond donors (Lipinski definition) is 1. The number of sulfonamides is 1. The fourth-order valence-corrected chi connectivity index (χ4v) is 6.23. The molecule has 0 amide bonds. The van der Waals surface area contributed by atoms with Crippen LogP contribution in [0.15, 0.2) is 96.3 Å². The Bertz CT molecular complexity index is 1500. The van der Waals surface area contributed by atoms with Crippen molar-refractivity contribution in [3.05, 3.63) is 119 Å². The minimum Gasteiger partial charge on any atom is -0.351 e. The molecule has 2 heterocycles. The SMILES string of the molecule is Cl.N#Cc1ccc2c(c1)CN(S(=O)(=O)c1ccccc1)[C@H](Cc1ccccc1)C/C2=C/c1c[nH]cn1. The van der Waals surface area contributed by atoms with E-state index in [1.807, 2.05) is 54.7 Å². The summed E-state index contributed by atoms with van der Waals surface area (Å²) >= 11 is 0. The van der Waals surface area contributed by atoms with E-state index in [-0.39, 0.29) is 29.9 Å². The van der Waals surface area contributed by atoms with Crippen molar-refractivity contribution in [1.29, 1.82) is 5.26 Å². The third-order valence-electron chi connectivity index (χ3n) is 6.27. The van der Waals surface area contributed by atoms with Crippen molar-refractivity contribution >= 4 is 34.1 Å². The average Bonchev–Trinajstić information content (AvgIpc) is 3.35. The van der Waals surface area contributed by atoms with E-state index >= 15 is 0 Å². The van der Waals surface area contributed by atoms with Crippen LogP contribution in [0.3, 0.4) is 0 Å². The lowest BCUT2D eigenvalue weighted by atomic mass is 9.93. The number of nitrogens with one attached hydrogen (secondary N) is 1. The van der Waals surface area contributed by atoms with Gasteiger partial charge in [-0.25, -0.2) is 13.4 Å². The fourth-order valence-electron chi connectivity index (χ4n) is 4.61. The summed E-state index contributed by atoms with van der Waals surface area (Å²) in [5.74, 6) is 0. The molecule has 4 aromatic rings. The number of aromatic nitrogens is 2. The Hall–Kier alpha value is -3.70. The number of fused-ring (bicyclic) bond motifs is 1. The van der Waals surface area contributed by atoms with Gasteiger partial charge in [0, 0.05) is 18.8 Å². The van der Waals surface area contributed by atoms with Crippen molar-refractivity contribution in [2.45, 2.75) is 30.3 Å². The summed E-state index contributed by atoms with van der Waals surface area (Å²) in [6.07, 6.45) is 6.50. The Morgan fingerprint density at radius 2 is 1.78 bits per heavy atom. The molecule has 8 heteroatoms. The number of halogens is 1. The summed E-state index contributed by atoms with van der Waals surface area (Å²) < 4.78 is 29.5. The zero-order valence-electron chi connectivity index (χ0n) is 19.4. The van der Waals surface area contributed by atoms with Gasteiger partial charge >= 0.3 is 0 Å². The normalized spacial score (nSPS) is 17.0. The Balaban J connectivity index is 0.00000304. The lowest BCUT2D eigenvalue weighted by Crippen LogP contribution is -2.40. The number of imidazole rings is 1. The topological polar surface area (TPSA) is 89.9 Å². The Morgan fingerprint density at radius 3 is 2.44 bits per heavy atom. The van der Waals surface area contributed by atoms with Crippen LogP contribution in [0, 0.1) is 11.3 Å². The van der Waals surface area contributed by atoms with Gasteiger partial charge in [0.1, 0.15) is 0 Å². The van der Waals surface area contributed by atoms with Gasteiger partial charge in [-0.2, -0.15) is 9.57 Å².